The number of halogens is 1. The molecule has 0 bridgehead atoms. The Morgan fingerprint density at radius 3 is 2.71 bits per heavy atom. The maximum Gasteiger partial charge on any atom is 0.230 e. The monoisotopic (exact) mass is 494 g/mol. The molecular formula is C27H31FN4O2S. The quantitative estimate of drug-likeness (QED) is 0.441. The van der Waals surface area contributed by atoms with Gasteiger partial charge in [0.1, 0.15) is 5.82 Å². The van der Waals surface area contributed by atoms with Crippen LogP contribution in [-0.4, -0.2) is 39.1 Å². The number of rotatable bonds is 8. The second kappa shape index (κ2) is 10.9. The number of hydrogen-bond donors (Lipinski definition) is 1. The SMILES string of the molecule is CC(NC(=O)CSc1nnc(-c2ccc(F)cc2)n1CC1CCCO1)c1ccc2c(c1)CCCC2. The van der Waals surface area contributed by atoms with Crippen LogP contribution in [0.1, 0.15) is 55.3 Å². The fourth-order valence-corrected chi connectivity index (χ4v) is 5.64. The van der Waals surface area contributed by atoms with Crippen molar-refractivity contribution in [2.75, 3.05) is 12.4 Å². The van der Waals surface area contributed by atoms with Crippen molar-refractivity contribution in [3.8, 4) is 11.4 Å². The van der Waals surface area contributed by atoms with Gasteiger partial charge in [-0.2, -0.15) is 0 Å². The van der Waals surface area contributed by atoms with Crippen LogP contribution >= 0.6 is 11.8 Å². The minimum atomic E-state index is -0.293. The van der Waals surface area contributed by atoms with E-state index in [4.69, 9.17) is 4.74 Å². The minimum Gasteiger partial charge on any atom is -0.376 e. The van der Waals surface area contributed by atoms with Crippen LogP contribution in [0.5, 0.6) is 0 Å². The van der Waals surface area contributed by atoms with E-state index in [0.29, 0.717) is 17.5 Å². The Balaban J connectivity index is 1.26. The van der Waals surface area contributed by atoms with E-state index in [9.17, 15) is 9.18 Å². The van der Waals surface area contributed by atoms with Crippen molar-refractivity contribution < 1.29 is 13.9 Å². The molecule has 2 heterocycles. The molecule has 8 heteroatoms. The highest BCUT2D eigenvalue weighted by molar-refractivity contribution is 7.99. The smallest absolute Gasteiger partial charge is 0.230 e. The van der Waals surface area contributed by atoms with Crippen molar-refractivity contribution in [1.29, 1.82) is 0 Å². The average Bonchev–Trinajstić information content (AvgIpc) is 3.53. The van der Waals surface area contributed by atoms with Crippen molar-refractivity contribution in [2.24, 2.45) is 0 Å². The number of carbonyl (C=O) groups is 1. The van der Waals surface area contributed by atoms with Crippen molar-refractivity contribution in [3.63, 3.8) is 0 Å². The molecule has 0 radical (unpaired) electrons. The molecule has 2 atom stereocenters. The van der Waals surface area contributed by atoms with E-state index < -0.39 is 0 Å². The highest BCUT2D eigenvalue weighted by Crippen LogP contribution is 2.28. The summed E-state index contributed by atoms with van der Waals surface area (Å²) in [7, 11) is 0. The van der Waals surface area contributed by atoms with Gasteiger partial charge in [0.2, 0.25) is 5.91 Å². The van der Waals surface area contributed by atoms with Crippen molar-refractivity contribution in [1.82, 2.24) is 20.1 Å². The van der Waals surface area contributed by atoms with E-state index in [1.165, 1.54) is 47.9 Å². The predicted molar refractivity (Wildman–Crippen MR) is 135 cm³/mol. The Morgan fingerprint density at radius 1 is 1.14 bits per heavy atom. The first-order chi connectivity index (χ1) is 17.1. The van der Waals surface area contributed by atoms with Gasteiger partial charge in [0, 0.05) is 12.2 Å². The summed E-state index contributed by atoms with van der Waals surface area (Å²) >= 11 is 1.36. The average molecular weight is 495 g/mol. The van der Waals surface area contributed by atoms with Crippen LogP contribution < -0.4 is 5.32 Å². The molecule has 1 saturated heterocycles. The van der Waals surface area contributed by atoms with Crippen LogP contribution in [0, 0.1) is 5.82 Å². The molecule has 2 aliphatic rings. The van der Waals surface area contributed by atoms with E-state index in [-0.39, 0.29) is 29.6 Å². The Bertz CT molecular complexity index is 1170. The summed E-state index contributed by atoms with van der Waals surface area (Å²) in [5.41, 5.74) is 4.79. The summed E-state index contributed by atoms with van der Waals surface area (Å²) in [6.07, 6.45) is 6.86. The molecule has 0 saturated carbocycles. The number of fused-ring (bicyclic) bond motifs is 1. The van der Waals surface area contributed by atoms with E-state index in [1.54, 1.807) is 12.1 Å². The first kappa shape index (κ1) is 24.0. The standard InChI is InChI=1S/C27H31FN4O2S/c1-18(21-9-8-19-5-2-3-6-22(19)15-21)29-25(33)17-35-27-31-30-26(20-10-12-23(28)13-11-20)32(27)16-24-7-4-14-34-24/h8-13,15,18,24H,2-7,14,16-17H2,1H3,(H,29,33). The number of ether oxygens (including phenoxy) is 1. The van der Waals surface area contributed by atoms with Gasteiger partial charge >= 0.3 is 0 Å². The number of benzene rings is 2. The van der Waals surface area contributed by atoms with E-state index in [2.05, 4.69) is 33.7 Å². The highest BCUT2D eigenvalue weighted by Gasteiger charge is 2.23. The second-order valence-corrected chi connectivity index (χ2v) is 10.3. The van der Waals surface area contributed by atoms with Gasteiger partial charge in [-0.15, -0.1) is 10.2 Å². The number of thioether (sulfide) groups is 1. The van der Waals surface area contributed by atoms with Gasteiger partial charge in [0.15, 0.2) is 11.0 Å². The van der Waals surface area contributed by atoms with E-state index in [1.807, 2.05) is 11.5 Å². The lowest BCUT2D eigenvalue weighted by Crippen LogP contribution is -2.28. The van der Waals surface area contributed by atoms with Gasteiger partial charge in [0.05, 0.1) is 24.4 Å². The van der Waals surface area contributed by atoms with Gasteiger partial charge in [-0.1, -0.05) is 30.0 Å². The zero-order valence-electron chi connectivity index (χ0n) is 20.0. The molecular weight excluding hydrogens is 463 g/mol. The fourth-order valence-electron chi connectivity index (χ4n) is 4.88. The van der Waals surface area contributed by atoms with Crippen molar-refractivity contribution in [3.05, 3.63) is 65.0 Å². The predicted octanol–water partition coefficient (Wildman–Crippen LogP) is 5.11. The molecule has 6 nitrogen and oxygen atoms in total. The largest absolute Gasteiger partial charge is 0.376 e. The van der Waals surface area contributed by atoms with Crippen molar-refractivity contribution in [2.45, 2.75) is 69.3 Å². The number of carbonyl (C=O) groups excluding carboxylic acids is 1. The lowest BCUT2D eigenvalue weighted by Gasteiger charge is -2.20. The van der Waals surface area contributed by atoms with Crippen molar-refractivity contribution >= 4 is 17.7 Å². The topological polar surface area (TPSA) is 69.0 Å². The molecule has 184 valence electrons. The molecule has 2 unspecified atom stereocenters. The molecule has 2 aromatic carbocycles. The zero-order chi connectivity index (χ0) is 24.2. The normalized spacial score (nSPS) is 18.3. The molecule has 1 N–H and O–H groups in total. The summed E-state index contributed by atoms with van der Waals surface area (Å²) in [6.45, 7) is 3.39. The maximum atomic E-state index is 13.4. The number of nitrogens with zero attached hydrogens (tertiary/aromatic N) is 3. The molecule has 1 aliphatic heterocycles. The Kier molecular flexibility index (Phi) is 7.48. The van der Waals surface area contributed by atoms with Crippen LogP contribution in [0.3, 0.4) is 0 Å². The second-order valence-electron chi connectivity index (χ2n) is 9.37. The molecule has 35 heavy (non-hydrogen) atoms. The van der Waals surface area contributed by atoms with E-state index >= 15 is 0 Å². The van der Waals surface area contributed by atoms with Gasteiger partial charge in [-0.25, -0.2) is 4.39 Å². The zero-order valence-corrected chi connectivity index (χ0v) is 20.8. The van der Waals surface area contributed by atoms with E-state index in [0.717, 1.165) is 43.4 Å². The highest BCUT2D eigenvalue weighted by atomic mass is 32.2. The first-order valence-electron chi connectivity index (χ1n) is 12.4. The van der Waals surface area contributed by atoms with Crippen LogP contribution in [-0.2, 0) is 28.9 Å². The fraction of sp³-hybridized carbons (Fsp3) is 0.444. The summed E-state index contributed by atoms with van der Waals surface area (Å²) in [6, 6.07) is 12.8. The van der Waals surface area contributed by atoms with Gasteiger partial charge < -0.3 is 10.1 Å². The first-order valence-corrected chi connectivity index (χ1v) is 13.4. The molecule has 0 spiro atoms. The molecule has 3 aromatic rings. The molecule has 5 rings (SSSR count). The molecule has 1 fully saturated rings. The Labute approximate surface area is 209 Å². The third-order valence-electron chi connectivity index (χ3n) is 6.81. The molecule has 1 aliphatic carbocycles. The van der Waals surface area contributed by atoms with Crippen LogP contribution in [0.2, 0.25) is 0 Å². The summed E-state index contributed by atoms with van der Waals surface area (Å²) in [5, 5.41) is 12.5. The van der Waals surface area contributed by atoms with Gasteiger partial charge in [-0.3, -0.25) is 9.36 Å². The molecule has 1 aromatic heterocycles. The number of nitrogens with one attached hydrogen (secondary N) is 1. The summed E-state index contributed by atoms with van der Waals surface area (Å²) in [4.78, 5) is 12.8. The van der Waals surface area contributed by atoms with Crippen LogP contribution in [0.25, 0.3) is 11.4 Å². The van der Waals surface area contributed by atoms with Gasteiger partial charge in [0.25, 0.3) is 0 Å². The van der Waals surface area contributed by atoms with Gasteiger partial charge in [-0.05, 0) is 86.4 Å². The number of amides is 1. The summed E-state index contributed by atoms with van der Waals surface area (Å²) in [5.74, 6) is 0.557. The Morgan fingerprint density at radius 2 is 1.94 bits per heavy atom. The lowest BCUT2D eigenvalue weighted by atomic mass is 9.89. The number of aryl methyl sites for hydroxylation is 2. The number of hydrogen-bond acceptors (Lipinski definition) is 5. The number of aromatic nitrogens is 3. The third-order valence-corrected chi connectivity index (χ3v) is 7.78. The van der Waals surface area contributed by atoms with Crippen LogP contribution in [0.15, 0.2) is 47.6 Å². The molecule has 1 amide bonds. The Hall–Kier alpha value is -2.71. The lowest BCUT2D eigenvalue weighted by molar-refractivity contribution is -0.119. The van der Waals surface area contributed by atoms with Crippen LogP contribution in [0.4, 0.5) is 4.39 Å². The minimum absolute atomic E-state index is 0.0461. The third kappa shape index (κ3) is 5.76. The summed E-state index contributed by atoms with van der Waals surface area (Å²) < 4.78 is 21.3. The maximum absolute atomic E-state index is 13.4.